The largest absolute Gasteiger partial charge is 0.395 e. The zero-order valence-corrected chi connectivity index (χ0v) is 17.7. The van der Waals surface area contributed by atoms with Crippen molar-refractivity contribution in [2.45, 2.75) is 37.3 Å². The van der Waals surface area contributed by atoms with Gasteiger partial charge in [-0.25, -0.2) is 0 Å². The van der Waals surface area contributed by atoms with Crippen LogP contribution in [0.15, 0.2) is 35.7 Å². The summed E-state index contributed by atoms with van der Waals surface area (Å²) in [4.78, 5) is 15.1. The summed E-state index contributed by atoms with van der Waals surface area (Å²) in [6, 6.07) is 3.50. The molecule has 1 aliphatic rings. The van der Waals surface area contributed by atoms with Crippen LogP contribution < -0.4 is 5.32 Å². The minimum Gasteiger partial charge on any atom is -0.395 e. The highest BCUT2D eigenvalue weighted by atomic mass is 16.6. The van der Waals surface area contributed by atoms with Crippen LogP contribution >= 0.6 is 0 Å². The zero-order chi connectivity index (χ0) is 24.0. The quantitative estimate of drug-likeness (QED) is 0.107. The molecule has 0 unspecified atom stereocenters. The number of hydrogen-bond donors (Lipinski definition) is 5. The number of aliphatic hydroxyl groups excluding tert-OH is 4. The molecule has 2 aromatic rings. The molecule has 3 rings (SSSR count). The molecule has 1 saturated heterocycles. The lowest BCUT2D eigenvalue weighted by molar-refractivity contribution is -0.383. The van der Waals surface area contributed by atoms with Gasteiger partial charge in [-0.15, -0.1) is 0 Å². The first-order chi connectivity index (χ1) is 15.8. The number of hydrogen-bond acceptors (Lipinski definition) is 10. The predicted octanol–water partition coefficient (Wildman–Crippen LogP) is 0.147. The molecule has 5 N–H and O–H groups in total. The monoisotopic (exact) mass is 462 g/mol. The smallest absolute Gasteiger partial charge is 0.292 e. The van der Waals surface area contributed by atoms with Crippen LogP contribution in [-0.2, 0) is 13.0 Å². The van der Waals surface area contributed by atoms with E-state index >= 15 is 0 Å². The number of nitro benzene ring substituents is 1. The Kier molecular flexibility index (Phi) is 8.16. The molecule has 1 aliphatic heterocycles. The Morgan fingerprint density at radius 3 is 2.79 bits per heavy atom. The second kappa shape index (κ2) is 11.0. The first kappa shape index (κ1) is 24.4. The number of likely N-dealkylation sites (tertiary alicyclic amines) is 1. The van der Waals surface area contributed by atoms with Crippen molar-refractivity contribution in [1.29, 1.82) is 0 Å². The molecule has 14 heteroatoms. The van der Waals surface area contributed by atoms with Gasteiger partial charge >= 0.3 is 0 Å². The highest BCUT2D eigenvalue weighted by Crippen LogP contribution is 2.29. The third-order valence-corrected chi connectivity index (χ3v) is 5.59. The van der Waals surface area contributed by atoms with Crippen molar-refractivity contribution in [2.24, 2.45) is 5.11 Å². The van der Waals surface area contributed by atoms with Gasteiger partial charge in [0.25, 0.3) is 5.69 Å². The van der Waals surface area contributed by atoms with Crippen LogP contribution in [-0.4, -0.2) is 90.6 Å². The number of azide groups is 1. The van der Waals surface area contributed by atoms with Crippen LogP contribution in [0.2, 0.25) is 0 Å². The summed E-state index contributed by atoms with van der Waals surface area (Å²) in [5.41, 5.74) is 9.65. The maximum atomic E-state index is 11.3. The number of aliphatic hydroxyl groups is 4. The molecule has 0 aliphatic carbocycles. The van der Waals surface area contributed by atoms with Crippen molar-refractivity contribution in [3.05, 3.63) is 56.7 Å². The Balaban J connectivity index is 1.53. The van der Waals surface area contributed by atoms with E-state index in [0.29, 0.717) is 31.7 Å². The van der Waals surface area contributed by atoms with Crippen LogP contribution in [0, 0.1) is 10.1 Å². The summed E-state index contributed by atoms with van der Waals surface area (Å²) in [6.45, 7) is 1.01. The molecule has 14 nitrogen and oxygen atoms in total. The van der Waals surface area contributed by atoms with Crippen LogP contribution in [0.4, 0.5) is 17.1 Å². The second-order valence-corrected chi connectivity index (χ2v) is 7.73. The molecule has 0 amide bonds. The molecule has 4 atom stereocenters. The summed E-state index contributed by atoms with van der Waals surface area (Å²) in [6.07, 6.45) is 0.388. The zero-order valence-electron chi connectivity index (χ0n) is 17.7. The molecule has 2 heterocycles. The van der Waals surface area contributed by atoms with Crippen molar-refractivity contribution in [3.8, 4) is 0 Å². The number of rotatable bonds is 10. The van der Waals surface area contributed by atoms with E-state index in [1.165, 1.54) is 18.2 Å². The summed E-state index contributed by atoms with van der Waals surface area (Å²) >= 11 is 0. The molecule has 1 fully saturated rings. The minimum atomic E-state index is -1.30. The molecular formula is C19H26N8O6. The van der Waals surface area contributed by atoms with Gasteiger partial charge in [-0.3, -0.25) is 19.7 Å². The molecule has 0 spiro atoms. The van der Waals surface area contributed by atoms with Gasteiger partial charge in [0.05, 0.1) is 36.4 Å². The van der Waals surface area contributed by atoms with Crippen molar-refractivity contribution >= 4 is 17.1 Å². The van der Waals surface area contributed by atoms with E-state index in [-0.39, 0.29) is 24.5 Å². The van der Waals surface area contributed by atoms with Gasteiger partial charge < -0.3 is 25.7 Å². The second-order valence-electron chi connectivity index (χ2n) is 7.73. The predicted molar refractivity (Wildman–Crippen MR) is 117 cm³/mol. The molecular weight excluding hydrogens is 436 g/mol. The third kappa shape index (κ3) is 5.96. The average molecular weight is 462 g/mol. The van der Waals surface area contributed by atoms with Crippen molar-refractivity contribution in [1.82, 2.24) is 14.7 Å². The Labute approximate surface area is 188 Å². The van der Waals surface area contributed by atoms with E-state index in [2.05, 4.69) is 20.4 Å². The fraction of sp³-hybridized carbons (Fsp3) is 0.526. The Hall–Kier alpha value is -3.26. The highest BCUT2D eigenvalue weighted by Gasteiger charge is 2.40. The standard InChI is InChI=1S/C19H26N8O6/c20-24-23-13-1-2-14(15(7-13)27(32)33)21-4-3-12-8-22-26(9-12)6-5-25-10-17(29)19(31)18(30)16(25)11-28/h1-2,7-9,16-19,21,28-31H,3-6,10-11H2/t16-,17+,18-,19-/m1/s1. The lowest BCUT2D eigenvalue weighted by Gasteiger charge is -2.43. The van der Waals surface area contributed by atoms with Gasteiger partial charge in [0, 0.05) is 42.5 Å². The minimum absolute atomic E-state index is 0.124. The van der Waals surface area contributed by atoms with Crippen molar-refractivity contribution < 1.29 is 25.3 Å². The van der Waals surface area contributed by atoms with Gasteiger partial charge in [-0.05, 0) is 23.6 Å². The number of piperidine rings is 1. The molecule has 0 radical (unpaired) electrons. The summed E-state index contributed by atoms with van der Waals surface area (Å²) in [5, 5.41) is 61.2. The normalized spacial score (nSPS) is 23.2. The number of benzene rings is 1. The van der Waals surface area contributed by atoms with Gasteiger partial charge in [0.1, 0.15) is 17.9 Å². The fourth-order valence-corrected chi connectivity index (χ4v) is 3.80. The number of nitro groups is 1. The SMILES string of the molecule is [N-]=[N+]=Nc1ccc(NCCc2cnn(CCN3C[C@H](O)[C@@H](O)[C@H](O)[C@H]3CO)c2)c([N+](=O)[O-])c1. The number of anilines is 1. The van der Waals surface area contributed by atoms with Gasteiger partial charge in [0.2, 0.25) is 0 Å². The molecule has 0 bridgehead atoms. The lowest BCUT2D eigenvalue weighted by Crippen LogP contribution is -2.62. The Morgan fingerprint density at radius 1 is 1.30 bits per heavy atom. The number of nitrogens with one attached hydrogen (secondary N) is 1. The van der Waals surface area contributed by atoms with Crippen LogP contribution in [0.5, 0.6) is 0 Å². The maximum Gasteiger partial charge on any atom is 0.292 e. The molecule has 1 aromatic heterocycles. The number of nitrogens with zero attached hydrogens (tertiary/aromatic N) is 7. The fourth-order valence-electron chi connectivity index (χ4n) is 3.80. The highest BCUT2D eigenvalue weighted by molar-refractivity contribution is 5.66. The van der Waals surface area contributed by atoms with Crippen LogP contribution in [0.3, 0.4) is 0 Å². The van der Waals surface area contributed by atoms with Gasteiger partial charge in [-0.1, -0.05) is 11.2 Å². The maximum absolute atomic E-state index is 11.3. The summed E-state index contributed by atoms with van der Waals surface area (Å²) in [7, 11) is 0. The van der Waals surface area contributed by atoms with E-state index < -0.39 is 29.3 Å². The van der Waals surface area contributed by atoms with Gasteiger partial charge in [0.15, 0.2) is 0 Å². The summed E-state index contributed by atoms with van der Waals surface area (Å²) < 4.78 is 1.69. The van der Waals surface area contributed by atoms with Gasteiger partial charge in [-0.2, -0.15) is 5.10 Å². The Bertz CT molecular complexity index is 1010. The molecule has 0 saturated carbocycles. The molecule has 33 heavy (non-hydrogen) atoms. The first-order valence-electron chi connectivity index (χ1n) is 10.3. The lowest BCUT2D eigenvalue weighted by atomic mass is 9.94. The summed E-state index contributed by atoms with van der Waals surface area (Å²) in [5.74, 6) is 0. The molecule has 1 aromatic carbocycles. The number of β-amino-alcohol motifs (C(OH)–C–C–N with tert-alkyl or cyclic N) is 1. The van der Waals surface area contributed by atoms with E-state index in [4.69, 9.17) is 5.53 Å². The number of aromatic nitrogens is 2. The van der Waals surface area contributed by atoms with E-state index in [0.717, 1.165) is 5.56 Å². The first-order valence-corrected chi connectivity index (χ1v) is 10.3. The van der Waals surface area contributed by atoms with E-state index in [1.54, 1.807) is 15.8 Å². The topological polar surface area (TPSA) is 206 Å². The van der Waals surface area contributed by atoms with Crippen molar-refractivity contribution in [3.63, 3.8) is 0 Å². The molecule has 178 valence electrons. The van der Waals surface area contributed by atoms with Crippen LogP contribution in [0.25, 0.3) is 10.4 Å². The average Bonchev–Trinajstić information content (AvgIpc) is 3.24. The Morgan fingerprint density at radius 2 is 2.09 bits per heavy atom. The van der Waals surface area contributed by atoms with Crippen LogP contribution in [0.1, 0.15) is 5.56 Å². The van der Waals surface area contributed by atoms with Crippen molar-refractivity contribution in [2.75, 3.05) is 31.6 Å². The van der Waals surface area contributed by atoms with E-state index in [1.807, 2.05) is 6.20 Å². The van der Waals surface area contributed by atoms with E-state index in [9.17, 15) is 30.5 Å². The third-order valence-electron chi connectivity index (χ3n) is 5.59.